The van der Waals surface area contributed by atoms with E-state index in [4.69, 9.17) is 23.2 Å². The van der Waals surface area contributed by atoms with Gasteiger partial charge in [0.15, 0.2) is 0 Å². The predicted octanol–water partition coefficient (Wildman–Crippen LogP) is 4.91. The lowest BCUT2D eigenvalue weighted by molar-refractivity contribution is 0.0955. The zero-order valence-corrected chi connectivity index (χ0v) is 13.5. The molecule has 3 aromatic carbocycles. The molecule has 0 aliphatic rings. The lowest BCUT2D eigenvalue weighted by Crippen LogP contribution is -2.17. The van der Waals surface area contributed by atoms with Crippen LogP contribution in [0.1, 0.15) is 15.9 Å². The van der Waals surface area contributed by atoms with Gasteiger partial charge in [-0.15, -0.1) is 0 Å². The van der Waals surface area contributed by atoms with Crippen LogP contribution in [0.25, 0.3) is 10.8 Å². The van der Waals surface area contributed by atoms with Gasteiger partial charge < -0.3 is 0 Å². The Balaban J connectivity index is 1.74. The van der Waals surface area contributed by atoms with E-state index in [-0.39, 0.29) is 5.91 Å². The minimum atomic E-state index is -0.280. The van der Waals surface area contributed by atoms with Gasteiger partial charge in [0, 0.05) is 16.1 Å². The average molecular weight is 343 g/mol. The van der Waals surface area contributed by atoms with Crippen LogP contribution in [0.2, 0.25) is 10.0 Å². The van der Waals surface area contributed by atoms with Crippen molar-refractivity contribution in [1.29, 1.82) is 0 Å². The van der Waals surface area contributed by atoms with Crippen LogP contribution in [0.4, 0.5) is 0 Å². The maximum absolute atomic E-state index is 12.1. The number of hydrogen-bond donors (Lipinski definition) is 1. The van der Waals surface area contributed by atoms with Gasteiger partial charge >= 0.3 is 0 Å². The molecule has 0 atom stereocenters. The van der Waals surface area contributed by atoms with Gasteiger partial charge in [0.2, 0.25) is 0 Å². The van der Waals surface area contributed by atoms with Crippen molar-refractivity contribution in [2.45, 2.75) is 0 Å². The van der Waals surface area contributed by atoms with Crippen LogP contribution in [0.5, 0.6) is 0 Å². The maximum Gasteiger partial charge on any atom is 0.271 e. The number of rotatable bonds is 3. The molecule has 3 nitrogen and oxygen atoms in total. The first-order chi connectivity index (χ1) is 11.1. The second-order valence-electron chi connectivity index (χ2n) is 4.93. The summed E-state index contributed by atoms with van der Waals surface area (Å²) in [5, 5.41) is 7.05. The molecular weight excluding hydrogens is 331 g/mol. The number of amides is 1. The lowest BCUT2D eigenvalue weighted by Gasteiger charge is -2.03. The Morgan fingerprint density at radius 1 is 0.957 bits per heavy atom. The Bertz CT molecular complexity index is 906. The molecule has 1 N–H and O–H groups in total. The Labute approximate surface area is 143 Å². The van der Waals surface area contributed by atoms with E-state index >= 15 is 0 Å². The number of carbonyl (C=O) groups is 1. The molecular formula is C18H12Cl2N2O. The largest absolute Gasteiger partial charge is 0.271 e. The van der Waals surface area contributed by atoms with Gasteiger partial charge in [-0.25, -0.2) is 5.43 Å². The molecule has 0 aliphatic carbocycles. The third-order valence-corrected chi connectivity index (χ3v) is 3.91. The highest BCUT2D eigenvalue weighted by Crippen LogP contribution is 2.19. The standard InChI is InChI=1S/C18H12Cl2N2O/c19-16-8-7-15(17(20)10-16)11-21-22-18(23)14-6-5-12-3-1-2-4-13(12)9-14/h1-11H,(H,22,23)/b21-11-. The molecule has 3 aromatic rings. The number of halogens is 2. The van der Waals surface area contributed by atoms with Crippen LogP contribution in [-0.2, 0) is 0 Å². The number of hydrogen-bond acceptors (Lipinski definition) is 2. The fraction of sp³-hybridized carbons (Fsp3) is 0. The summed E-state index contributed by atoms with van der Waals surface area (Å²) < 4.78 is 0. The molecule has 0 aliphatic heterocycles. The van der Waals surface area contributed by atoms with Crippen LogP contribution >= 0.6 is 23.2 Å². The zero-order valence-electron chi connectivity index (χ0n) is 12.0. The molecule has 0 aromatic heterocycles. The van der Waals surface area contributed by atoms with Gasteiger partial charge in [-0.3, -0.25) is 4.79 Å². The van der Waals surface area contributed by atoms with Gasteiger partial charge in [0.05, 0.1) is 11.2 Å². The van der Waals surface area contributed by atoms with Gasteiger partial charge in [0.25, 0.3) is 5.91 Å². The highest BCUT2D eigenvalue weighted by Gasteiger charge is 2.05. The molecule has 0 saturated carbocycles. The summed E-state index contributed by atoms with van der Waals surface area (Å²) in [6, 6.07) is 18.4. The summed E-state index contributed by atoms with van der Waals surface area (Å²) in [4.78, 5) is 12.1. The Morgan fingerprint density at radius 2 is 1.74 bits per heavy atom. The van der Waals surface area contributed by atoms with Crippen LogP contribution in [0.15, 0.2) is 65.8 Å². The van der Waals surface area contributed by atoms with Gasteiger partial charge in [-0.2, -0.15) is 5.10 Å². The smallest absolute Gasteiger partial charge is 0.267 e. The summed E-state index contributed by atoms with van der Waals surface area (Å²) in [6.07, 6.45) is 1.48. The van der Waals surface area contributed by atoms with Crippen molar-refractivity contribution in [3.8, 4) is 0 Å². The van der Waals surface area contributed by atoms with E-state index in [2.05, 4.69) is 10.5 Å². The van der Waals surface area contributed by atoms with Crippen molar-refractivity contribution < 1.29 is 4.79 Å². The third kappa shape index (κ3) is 3.70. The number of nitrogens with one attached hydrogen (secondary N) is 1. The first kappa shape index (κ1) is 15.5. The molecule has 1 amide bonds. The van der Waals surface area contributed by atoms with Crippen LogP contribution < -0.4 is 5.43 Å². The fourth-order valence-corrected chi connectivity index (χ4v) is 2.62. The second-order valence-corrected chi connectivity index (χ2v) is 5.77. The molecule has 0 saturated heterocycles. The fourth-order valence-electron chi connectivity index (χ4n) is 2.16. The SMILES string of the molecule is O=C(N/N=C\c1ccc(Cl)cc1Cl)c1ccc2ccccc2c1. The van der Waals surface area contributed by atoms with Crippen molar-refractivity contribution in [3.63, 3.8) is 0 Å². The molecule has 0 spiro atoms. The average Bonchev–Trinajstić information content (AvgIpc) is 2.56. The summed E-state index contributed by atoms with van der Waals surface area (Å²) in [6.45, 7) is 0. The summed E-state index contributed by atoms with van der Waals surface area (Å²) >= 11 is 11.9. The second kappa shape index (κ2) is 6.82. The first-order valence-corrected chi connectivity index (χ1v) is 7.66. The van der Waals surface area contributed by atoms with Crippen molar-refractivity contribution >= 4 is 46.1 Å². The molecule has 0 bridgehead atoms. The zero-order chi connectivity index (χ0) is 16.2. The van der Waals surface area contributed by atoms with Crippen LogP contribution in [-0.4, -0.2) is 12.1 Å². The Morgan fingerprint density at radius 3 is 2.52 bits per heavy atom. The van der Waals surface area contributed by atoms with E-state index in [0.29, 0.717) is 21.2 Å². The minimum Gasteiger partial charge on any atom is -0.267 e. The number of fused-ring (bicyclic) bond motifs is 1. The Hall–Kier alpha value is -2.36. The predicted molar refractivity (Wildman–Crippen MR) is 95.5 cm³/mol. The van der Waals surface area contributed by atoms with E-state index in [9.17, 15) is 4.79 Å². The van der Waals surface area contributed by atoms with Crippen molar-refractivity contribution in [2.24, 2.45) is 5.10 Å². The highest BCUT2D eigenvalue weighted by atomic mass is 35.5. The molecule has 23 heavy (non-hydrogen) atoms. The van der Waals surface area contributed by atoms with Crippen molar-refractivity contribution in [1.82, 2.24) is 5.43 Å². The molecule has 0 unspecified atom stereocenters. The van der Waals surface area contributed by atoms with Crippen molar-refractivity contribution in [3.05, 3.63) is 81.8 Å². The van der Waals surface area contributed by atoms with E-state index in [1.807, 2.05) is 36.4 Å². The van der Waals surface area contributed by atoms with E-state index in [1.54, 1.807) is 24.3 Å². The maximum atomic E-state index is 12.1. The monoisotopic (exact) mass is 342 g/mol. The Kier molecular flexibility index (Phi) is 4.60. The molecule has 3 rings (SSSR count). The highest BCUT2D eigenvalue weighted by molar-refractivity contribution is 6.36. The van der Waals surface area contributed by atoms with Crippen LogP contribution in [0.3, 0.4) is 0 Å². The number of benzene rings is 3. The number of nitrogens with zero attached hydrogens (tertiary/aromatic N) is 1. The van der Waals surface area contributed by atoms with Gasteiger partial charge in [-0.05, 0) is 35.0 Å². The van der Waals surface area contributed by atoms with E-state index < -0.39 is 0 Å². The lowest BCUT2D eigenvalue weighted by atomic mass is 10.1. The summed E-state index contributed by atoms with van der Waals surface area (Å²) in [5.41, 5.74) is 3.71. The molecule has 5 heteroatoms. The molecule has 0 fully saturated rings. The normalized spacial score (nSPS) is 11.0. The molecule has 0 radical (unpaired) electrons. The van der Waals surface area contributed by atoms with Gasteiger partial charge in [-0.1, -0.05) is 59.6 Å². The number of carbonyl (C=O) groups excluding carboxylic acids is 1. The third-order valence-electron chi connectivity index (χ3n) is 3.34. The first-order valence-electron chi connectivity index (χ1n) is 6.91. The molecule has 114 valence electrons. The van der Waals surface area contributed by atoms with Gasteiger partial charge in [0.1, 0.15) is 0 Å². The quantitative estimate of drug-likeness (QED) is 0.533. The minimum absolute atomic E-state index is 0.280. The van der Waals surface area contributed by atoms with Crippen molar-refractivity contribution in [2.75, 3.05) is 0 Å². The van der Waals surface area contributed by atoms with E-state index in [0.717, 1.165) is 10.8 Å². The molecule has 0 heterocycles. The van der Waals surface area contributed by atoms with E-state index in [1.165, 1.54) is 6.21 Å². The summed E-state index contributed by atoms with van der Waals surface area (Å²) in [5.74, 6) is -0.280. The number of hydrazone groups is 1. The summed E-state index contributed by atoms with van der Waals surface area (Å²) in [7, 11) is 0. The topological polar surface area (TPSA) is 41.5 Å². The van der Waals surface area contributed by atoms with Crippen LogP contribution in [0, 0.1) is 0 Å².